The molecule has 0 N–H and O–H groups in total. The third-order valence-corrected chi connectivity index (χ3v) is 5.10. The standard InChI is InChI=1S/C24H24N2O4/c1-16-13-26(14-17(2)30-16)23(27)15-29-24(28)20-12-22(18-8-4-3-5-9-18)25-21-11-7-6-10-19(20)21/h3-12,16-17H,13-15H2,1-2H3/t16-,17+. The number of pyridine rings is 1. The van der Waals surface area contributed by atoms with Crippen molar-refractivity contribution in [2.45, 2.75) is 26.1 Å². The number of hydrogen-bond acceptors (Lipinski definition) is 5. The molecule has 1 saturated heterocycles. The Labute approximate surface area is 175 Å². The second-order valence-corrected chi connectivity index (χ2v) is 7.57. The van der Waals surface area contributed by atoms with Crippen molar-refractivity contribution < 1.29 is 19.1 Å². The van der Waals surface area contributed by atoms with E-state index in [1.54, 1.807) is 11.0 Å². The first-order valence-corrected chi connectivity index (χ1v) is 10.1. The molecule has 2 atom stereocenters. The Balaban J connectivity index is 1.56. The number of amides is 1. The maximum absolute atomic E-state index is 12.9. The van der Waals surface area contributed by atoms with Gasteiger partial charge in [0.05, 0.1) is 29.0 Å². The molecule has 1 aliphatic heterocycles. The summed E-state index contributed by atoms with van der Waals surface area (Å²) in [4.78, 5) is 31.8. The molecular formula is C24H24N2O4. The largest absolute Gasteiger partial charge is 0.452 e. The highest BCUT2D eigenvalue weighted by molar-refractivity contribution is 6.05. The van der Waals surface area contributed by atoms with Crippen LogP contribution in [0.1, 0.15) is 24.2 Å². The SMILES string of the molecule is C[C@@H]1CN(C(=O)COC(=O)c2cc(-c3ccccc3)nc3ccccc23)C[C@H](C)O1. The number of rotatable bonds is 4. The molecule has 0 saturated carbocycles. The fraction of sp³-hybridized carbons (Fsp3) is 0.292. The van der Waals surface area contributed by atoms with E-state index >= 15 is 0 Å². The predicted octanol–water partition coefficient (Wildman–Crippen LogP) is 3.69. The minimum Gasteiger partial charge on any atom is -0.452 e. The molecular weight excluding hydrogens is 380 g/mol. The highest BCUT2D eigenvalue weighted by Gasteiger charge is 2.26. The van der Waals surface area contributed by atoms with Crippen LogP contribution < -0.4 is 0 Å². The summed E-state index contributed by atoms with van der Waals surface area (Å²) in [7, 11) is 0. The van der Waals surface area contributed by atoms with E-state index in [4.69, 9.17) is 9.47 Å². The molecule has 1 amide bonds. The predicted molar refractivity (Wildman–Crippen MR) is 114 cm³/mol. The van der Waals surface area contributed by atoms with E-state index in [1.165, 1.54) is 0 Å². The molecule has 30 heavy (non-hydrogen) atoms. The maximum atomic E-state index is 12.9. The molecule has 154 valence electrons. The van der Waals surface area contributed by atoms with Gasteiger partial charge < -0.3 is 14.4 Å². The van der Waals surface area contributed by atoms with Gasteiger partial charge in [-0.05, 0) is 26.0 Å². The Morgan fingerprint density at radius 1 is 1.03 bits per heavy atom. The number of esters is 1. The lowest BCUT2D eigenvalue weighted by Crippen LogP contribution is -2.49. The zero-order chi connectivity index (χ0) is 21.1. The van der Waals surface area contributed by atoms with Gasteiger partial charge in [-0.3, -0.25) is 4.79 Å². The van der Waals surface area contributed by atoms with Crippen LogP contribution in [-0.4, -0.2) is 53.7 Å². The van der Waals surface area contributed by atoms with Crippen LogP contribution in [-0.2, 0) is 14.3 Å². The summed E-state index contributed by atoms with van der Waals surface area (Å²) in [6, 6.07) is 18.8. The lowest BCUT2D eigenvalue weighted by Gasteiger charge is -2.35. The van der Waals surface area contributed by atoms with Crippen molar-refractivity contribution in [3.05, 3.63) is 66.2 Å². The minimum absolute atomic E-state index is 0.0361. The van der Waals surface area contributed by atoms with Crippen LogP contribution in [0.4, 0.5) is 0 Å². The first-order valence-electron chi connectivity index (χ1n) is 10.1. The van der Waals surface area contributed by atoms with Gasteiger partial charge in [-0.1, -0.05) is 48.5 Å². The Bertz CT molecular complexity index is 1060. The molecule has 3 aromatic rings. The summed E-state index contributed by atoms with van der Waals surface area (Å²) in [5.41, 5.74) is 2.69. The van der Waals surface area contributed by atoms with Gasteiger partial charge in [-0.2, -0.15) is 0 Å². The Hall–Kier alpha value is -3.25. The van der Waals surface area contributed by atoms with Crippen LogP contribution in [0.25, 0.3) is 22.2 Å². The van der Waals surface area contributed by atoms with Crippen molar-refractivity contribution in [3.63, 3.8) is 0 Å². The summed E-state index contributed by atoms with van der Waals surface area (Å²) < 4.78 is 11.1. The van der Waals surface area contributed by atoms with Crippen LogP contribution in [0.5, 0.6) is 0 Å². The molecule has 2 heterocycles. The Morgan fingerprint density at radius 3 is 2.43 bits per heavy atom. The molecule has 6 heteroatoms. The number of para-hydroxylation sites is 1. The normalized spacial score (nSPS) is 18.9. The van der Waals surface area contributed by atoms with E-state index in [9.17, 15) is 9.59 Å². The van der Waals surface area contributed by atoms with Crippen LogP contribution in [0, 0.1) is 0 Å². The van der Waals surface area contributed by atoms with Crippen LogP contribution in [0.3, 0.4) is 0 Å². The highest BCUT2D eigenvalue weighted by Crippen LogP contribution is 2.25. The smallest absolute Gasteiger partial charge is 0.339 e. The monoisotopic (exact) mass is 404 g/mol. The third kappa shape index (κ3) is 4.33. The Kier molecular flexibility index (Phi) is 5.77. The molecule has 0 unspecified atom stereocenters. The number of carbonyl (C=O) groups excluding carboxylic acids is 2. The number of morpholine rings is 1. The number of hydrogen-bond donors (Lipinski definition) is 0. The first-order chi connectivity index (χ1) is 14.5. The Morgan fingerprint density at radius 2 is 1.70 bits per heavy atom. The van der Waals surface area contributed by atoms with Crippen molar-refractivity contribution in [2.75, 3.05) is 19.7 Å². The summed E-state index contributed by atoms with van der Waals surface area (Å²) >= 11 is 0. The molecule has 0 aliphatic carbocycles. The van der Waals surface area contributed by atoms with Crippen molar-refractivity contribution in [1.82, 2.24) is 9.88 Å². The van der Waals surface area contributed by atoms with Gasteiger partial charge in [0.2, 0.25) is 0 Å². The summed E-state index contributed by atoms with van der Waals surface area (Å²) in [5, 5.41) is 0.697. The third-order valence-electron chi connectivity index (χ3n) is 5.10. The molecule has 4 rings (SSSR count). The maximum Gasteiger partial charge on any atom is 0.339 e. The van der Waals surface area contributed by atoms with Crippen molar-refractivity contribution in [3.8, 4) is 11.3 Å². The van der Waals surface area contributed by atoms with E-state index in [-0.39, 0.29) is 24.7 Å². The molecule has 1 aromatic heterocycles. The van der Waals surface area contributed by atoms with Crippen LogP contribution >= 0.6 is 0 Å². The van der Waals surface area contributed by atoms with Gasteiger partial charge >= 0.3 is 5.97 Å². The van der Waals surface area contributed by atoms with E-state index in [0.29, 0.717) is 35.2 Å². The number of aromatic nitrogens is 1. The number of ether oxygens (including phenoxy) is 2. The molecule has 0 bridgehead atoms. The second kappa shape index (κ2) is 8.63. The van der Waals surface area contributed by atoms with Gasteiger partial charge in [0.1, 0.15) is 0 Å². The molecule has 6 nitrogen and oxygen atoms in total. The fourth-order valence-corrected chi connectivity index (χ4v) is 3.78. The van der Waals surface area contributed by atoms with Gasteiger partial charge in [0.25, 0.3) is 5.91 Å². The molecule has 0 spiro atoms. The number of fused-ring (bicyclic) bond motifs is 1. The lowest BCUT2D eigenvalue weighted by molar-refractivity contribution is -0.146. The van der Waals surface area contributed by atoms with Gasteiger partial charge in [-0.15, -0.1) is 0 Å². The van der Waals surface area contributed by atoms with E-state index < -0.39 is 5.97 Å². The summed E-state index contributed by atoms with van der Waals surface area (Å²) in [6.07, 6.45) is -0.0723. The van der Waals surface area contributed by atoms with Gasteiger partial charge in [0.15, 0.2) is 6.61 Å². The number of benzene rings is 2. The topological polar surface area (TPSA) is 68.7 Å². The van der Waals surface area contributed by atoms with Gasteiger partial charge in [0, 0.05) is 24.0 Å². The van der Waals surface area contributed by atoms with Crippen LogP contribution in [0.2, 0.25) is 0 Å². The van der Waals surface area contributed by atoms with E-state index in [1.807, 2.05) is 68.4 Å². The molecule has 2 aromatic carbocycles. The average molecular weight is 404 g/mol. The van der Waals surface area contributed by atoms with Crippen molar-refractivity contribution >= 4 is 22.8 Å². The zero-order valence-electron chi connectivity index (χ0n) is 17.1. The molecule has 0 radical (unpaired) electrons. The van der Waals surface area contributed by atoms with Crippen molar-refractivity contribution in [2.24, 2.45) is 0 Å². The summed E-state index contributed by atoms with van der Waals surface area (Å²) in [6.45, 7) is 4.55. The van der Waals surface area contributed by atoms with E-state index in [2.05, 4.69) is 4.98 Å². The minimum atomic E-state index is -0.534. The van der Waals surface area contributed by atoms with Gasteiger partial charge in [-0.25, -0.2) is 9.78 Å². The highest BCUT2D eigenvalue weighted by atomic mass is 16.5. The second-order valence-electron chi connectivity index (χ2n) is 7.57. The lowest BCUT2D eigenvalue weighted by atomic mass is 10.0. The fourth-order valence-electron chi connectivity index (χ4n) is 3.78. The van der Waals surface area contributed by atoms with Crippen LogP contribution in [0.15, 0.2) is 60.7 Å². The first kappa shape index (κ1) is 20.0. The van der Waals surface area contributed by atoms with E-state index in [0.717, 1.165) is 5.56 Å². The zero-order valence-corrected chi connectivity index (χ0v) is 17.1. The quantitative estimate of drug-likeness (QED) is 0.621. The average Bonchev–Trinajstić information content (AvgIpc) is 2.76. The summed E-state index contributed by atoms with van der Waals surface area (Å²) in [5.74, 6) is -0.750. The molecule has 1 fully saturated rings. The van der Waals surface area contributed by atoms with Crippen molar-refractivity contribution in [1.29, 1.82) is 0 Å². The number of nitrogens with zero attached hydrogens (tertiary/aromatic N) is 2. The molecule has 1 aliphatic rings. The number of carbonyl (C=O) groups is 2.